The number of piperidine rings is 1. The average Bonchev–Trinajstić information content (AvgIpc) is 2.84. The second-order valence-electron chi connectivity index (χ2n) is 9.27. The van der Waals surface area contributed by atoms with Gasteiger partial charge in [-0.15, -0.1) is 0 Å². The summed E-state index contributed by atoms with van der Waals surface area (Å²) in [5.41, 5.74) is 6.01. The number of nitrogens with zero attached hydrogens (tertiary/aromatic N) is 2. The highest BCUT2D eigenvalue weighted by Crippen LogP contribution is 2.48. The van der Waals surface area contributed by atoms with Gasteiger partial charge in [0.1, 0.15) is 19.0 Å². The summed E-state index contributed by atoms with van der Waals surface area (Å²) in [6, 6.07) is 7.74. The number of anilines is 1. The van der Waals surface area contributed by atoms with Gasteiger partial charge in [0.15, 0.2) is 23.1 Å². The summed E-state index contributed by atoms with van der Waals surface area (Å²) in [5.74, 6) is 1.41. The molecule has 186 valence electrons. The molecule has 8 nitrogen and oxygen atoms in total. The maximum absolute atomic E-state index is 14.4. The van der Waals surface area contributed by atoms with Crippen LogP contribution in [0.1, 0.15) is 26.2 Å². The molecule has 1 fully saturated rings. The van der Waals surface area contributed by atoms with E-state index in [9.17, 15) is 9.50 Å². The van der Waals surface area contributed by atoms with Crippen LogP contribution >= 0.6 is 0 Å². The Morgan fingerprint density at radius 2 is 1.86 bits per heavy atom. The lowest BCUT2D eigenvalue weighted by Crippen LogP contribution is -2.42. The van der Waals surface area contributed by atoms with Crippen molar-refractivity contribution in [3.8, 4) is 28.7 Å². The minimum atomic E-state index is -0.557. The third-order valence-corrected chi connectivity index (χ3v) is 6.43. The molecule has 9 heteroatoms. The molecule has 5 rings (SSSR count). The number of pyridine rings is 1. The largest absolute Gasteiger partial charge is 0.489 e. The number of benzene rings is 2. The first-order chi connectivity index (χ1) is 16.9. The van der Waals surface area contributed by atoms with Gasteiger partial charge in [-0.05, 0) is 44.4 Å². The zero-order valence-corrected chi connectivity index (χ0v) is 19.8. The van der Waals surface area contributed by atoms with Gasteiger partial charge < -0.3 is 34.7 Å². The fourth-order valence-corrected chi connectivity index (χ4v) is 4.41. The predicted octanol–water partition coefficient (Wildman–Crippen LogP) is 4.14. The summed E-state index contributed by atoms with van der Waals surface area (Å²) in [4.78, 5) is 6.81. The van der Waals surface area contributed by atoms with E-state index in [1.807, 2.05) is 6.92 Å². The van der Waals surface area contributed by atoms with E-state index in [1.165, 1.54) is 12.1 Å². The van der Waals surface area contributed by atoms with Gasteiger partial charge in [0, 0.05) is 43.7 Å². The smallest absolute Gasteiger partial charge is 0.204 e. The van der Waals surface area contributed by atoms with Crippen molar-refractivity contribution in [1.29, 1.82) is 0 Å². The molecule has 35 heavy (non-hydrogen) atoms. The quantitative estimate of drug-likeness (QED) is 0.382. The van der Waals surface area contributed by atoms with Gasteiger partial charge in [0.2, 0.25) is 5.75 Å². The normalized spacial score (nSPS) is 17.3. The Kier molecular flexibility index (Phi) is 6.53. The second-order valence-corrected chi connectivity index (χ2v) is 9.27. The zero-order valence-electron chi connectivity index (χ0n) is 19.8. The lowest BCUT2D eigenvalue weighted by Gasteiger charge is -2.35. The van der Waals surface area contributed by atoms with E-state index in [0.717, 1.165) is 38.9 Å². The Balaban J connectivity index is 1.34. The van der Waals surface area contributed by atoms with Crippen molar-refractivity contribution < 1.29 is 28.4 Å². The van der Waals surface area contributed by atoms with Crippen molar-refractivity contribution in [1.82, 2.24) is 9.88 Å². The van der Waals surface area contributed by atoms with E-state index >= 15 is 0 Å². The van der Waals surface area contributed by atoms with Crippen LogP contribution in [0.3, 0.4) is 0 Å². The van der Waals surface area contributed by atoms with Crippen LogP contribution in [0.25, 0.3) is 10.9 Å². The van der Waals surface area contributed by atoms with Crippen LogP contribution in [0.5, 0.6) is 28.7 Å². The topological polar surface area (TPSA) is 99.3 Å². The van der Waals surface area contributed by atoms with Gasteiger partial charge in [-0.1, -0.05) is 0 Å². The van der Waals surface area contributed by atoms with Crippen LogP contribution in [-0.2, 0) is 0 Å². The summed E-state index contributed by atoms with van der Waals surface area (Å²) in [6.45, 7) is 5.83. The highest BCUT2D eigenvalue weighted by molar-refractivity contribution is 5.95. The molecule has 0 spiro atoms. The van der Waals surface area contributed by atoms with E-state index in [4.69, 9.17) is 24.7 Å². The molecule has 3 heterocycles. The molecule has 3 N–H and O–H groups in total. The van der Waals surface area contributed by atoms with Gasteiger partial charge in [-0.3, -0.25) is 4.98 Å². The molecular weight excluding hydrogens is 453 g/mol. The van der Waals surface area contributed by atoms with Gasteiger partial charge in [0.25, 0.3) is 0 Å². The van der Waals surface area contributed by atoms with Crippen LogP contribution in [0.4, 0.5) is 10.1 Å². The minimum absolute atomic E-state index is 0.0525. The summed E-state index contributed by atoms with van der Waals surface area (Å²) in [6.07, 6.45) is 4.00. The number of rotatable bonds is 7. The Labute approximate surface area is 203 Å². The molecular formula is C26H30FN3O5. The zero-order chi connectivity index (χ0) is 24.4. The van der Waals surface area contributed by atoms with Crippen molar-refractivity contribution in [2.75, 3.05) is 45.2 Å². The average molecular weight is 484 g/mol. The standard InChI is InChI=1S/C26H30FN3O5/c1-26(31)6-10-30(11-7-26)9-2-12-32-22-16-19-23(25-24(22)33-13-14-34-25)21(5-8-29-19)35-20-4-3-17(28)15-18(20)27/h3-5,8,15-16,31H,2,6-7,9-14,28H2,1H3. The van der Waals surface area contributed by atoms with Crippen LogP contribution in [0, 0.1) is 5.82 Å². The fraction of sp³-hybridized carbons (Fsp3) is 0.423. The molecule has 0 atom stereocenters. The SMILES string of the molecule is CC1(O)CCN(CCCOc2cc3nccc(Oc4ccc(N)cc4F)c3c3c2OCCO3)CC1. The van der Waals surface area contributed by atoms with E-state index in [-0.39, 0.29) is 5.75 Å². The lowest BCUT2D eigenvalue weighted by atomic mass is 9.94. The van der Waals surface area contributed by atoms with Gasteiger partial charge in [-0.2, -0.15) is 0 Å². The Morgan fingerprint density at radius 3 is 2.63 bits per heavy atom. The third kappa shape index (κ3) is 5.21. The highest BCUT2D eigenvalue weighted by atomic mass is 19.1. The number of aromatic nitrogens is 1. The molecule has 0 amide bonds. The van der Waals surface area contributed by atoms with Gasteiger partial charge in [0.05, 0.1) is 23.1 Å². The molecule has 0 unspecified atom stereocenters. The van der Waals surface area contributed by atoms with Crippen molar-refractivity contribution in [2.45, 2.75) is 31.8 Å². The van der Waals surface area contributed by atoms with Crippen molar-refractivity contribution >= 4 is 16.6 Å². The molecule has 2 aromatic carbocycles. The molecule has 1 aromatic heterocycles. The molecule has 3 aromatic rings. The first kappa shape index (κ1) is 23.4. The van der Waals surface area contributed by atoms with Gasteiger partial charge >= 0.3 is 0 Å². The van der Waals surface area contributed by atoms with Crippen LogP contribution in [0.15, 0.2) is 36.5 Å². The fourth-order valence-electron chi connectivity index (χ4n) is 4.41. The second kappa shape index (κ2) is 9.75. The Morgan fingerprint density at radius 1 is 1.09 bits per heavy atom. The number of fused-ring (bicyclic) bond motifs is 3. The first-order valence-electron chi connectivity index (χ1n) is 11.9. The van der Waals surface area contributed by atoms with E-state index in [0.29, 0.717) is 59.4 Å². The highest BCUT2D eigenvalue weighted by Gasteiger charge is 2.27. The number of halogens is 1. The Bertz CT molecular complexity index is 1210. The number of hydrogen-bond acceptors (Lipinski definition) is 8. The van der Waals surface area contributed by atoms with Crippen LogP contribution in [0.2, 0.25) is 0 Å². The molecule has 2 aliphatic rings. The van der Waals surface area contributed by atoms with Gasteiger partial charge in [-0.25, -0.2) is 4.39 Å². The van der Waals surface area contributed by atoms with E-state index < -0.39 is 11.4 Å². The number of ether oxygens (including phenoxy) is 4. The van der Waals surface area contributed by atoms with E-state index in [2.05, 4.69) is 9.88 Å². The number of hydrogen-bond donors (Lipinski definition) is 2. The van der Waals surface area contributed by atoms with E-state index in [1.54, 1.807) is 24.4 Å². The van der Waals surface area contributed by atoms with Crippen molar-refractivity contribution in [3.63, 3.8) is 0 Å². The summed E-state index contributed by atoms with van der Waals surface area (Å²) < 4.78 is 38.2. The first-order valence-corrected chi connectivity index (χ1v) is 11.9. The molecule has 2 aliphatic heterocycles. The number of nitrogens with two attached hydrogens (primary N) is 1. The molecule has 0 aliphatic carbocycles. The molecule has 1 saturated heterocycles. The number of aliphatic hydroxyl groups is 1. The lowest BCUT2D eigenvalue weighted by molar-refractivity contribution is -0.00606. The van der Waals surface area contributed by atoms with Crippen molar-refractivity contribution in [2.24, 2.45) is 0 Å². The number of nitrogen functional groups attached to an aromatic ring is 1. The molecule has 0 saturated carbocycles. The summed E-state index contributed by atoms with van der Waals surface area (Å²) >= 11 is 0. The predicted molar refractivity (Wildman–Crippen MR) is 130 cm³/mol. The Hall–Kier alpha value is -3.30. The summed E-state index contributed by atoms with van der Waals surface area (Å²) in [5, 5.41) is 10.7. The van der Waals surface area contributed by atoms with Crippen molar-refractivity contribution in [3.05, 3.63) is 42.3 Å². The van der Waals surface area contributed by atoms with Crippen LogP contribution in [-0.4, -0.2) is 60.0 Å². The monoisotopic (exact) mass is 483 g/mol. The minimum Gasteiger partial charge on any atom is -0.489 e. The number of likely N-dealkylation sites (tertiary alicyclic amines) is 1. The summed E-state index contributed by atoms with van der Waals surface area (Å²) in [7, 11) is 0. The maximum Gasteiger partial charge on any atom is 0.204 e. The third-order valence-electron chi connectivity index (χ3n) is 6.43. The maximum atomic E-state index is 14.4. The molecule has 0 bridgehead atoms. The van der Waals surface area contributed by atoms with Crippen LogP contribution < -0.4 is 24.7 Å². The molecule has 0 radical (unpaired) electrons.